The van der Waals surface area contributed by atoms with Gasteiger partial charge in [0.15, 0.2) is 5.84 Å². The maximum Gasteiger partial charge on any atom is 0.151 e. The summed E-state index contributed by atoms with van der Waals surface area (Å²) < 4.78 is 1.84. The van der Waals surface area contributed by atoms with Crippen LogP contribution in [0.4, 0.5) is 5.82 Å². The molecule has 2 aromatic rings. The number of imidazole rings is 1. The Labute approximate surface area is 128 Å². The molecule has 1 aromatic heterocycles. The SMILES string of the molecule is Cc1ccc(-n2cnc(C(=N)N3CCSCC3)c2N)cc1. The topological polar surface area (TPSA) is 70.9 Å². The summed E-state index contributed by atoms with van der Waals surface area (Å²) in [5.41, 5.74) is 8.96. The van der Waals surface area contributed by atoms with Gasteiger partial charge in [0.05, 0.1) is 0 Å². The van der Waals surface area contributed by atoms with Gasteiger partial charge in [-0.05, 0) is 19.1 Å². The maximum absolute atomic E-state index is 8.34. The summed E-state index contributed by atoms with van der Waals surface area (Å²) in [5, 5.41) is 8.34. The Morgan fingerprint density at radius 1 is 1.24 bits per heavy atom. The fourth-order valence-corrected chi connectivity index (χ4v) is 3.29. The number of aryl methyl sites for hydroxylation is 1. The molecular formula is C15H19N5S. The van der Waals surface area contributed by atoms with Crippen molar-refractivity contribution >= 4 is 23.4 Å². The van der Waals surface area contributed by atoms with E-state index in [0.717, 1.165) is 30.3 Å². The van der Waals surface area contributed by atoms with Gasteiger partial charge in [0.2, 0.25) is 0 Å². The highest BCUT2D eigenvalue weighted by Gasteiger charge is 2.20. The van der Waals surface area contributed by atoms with Crippen LogP contribution >= 0.6 is 11.8 Å². The number of thioether (sulfide) groups is 1. The third-order valence-electron chi connectivity index (χ3n) is 3.67. The number of nitrogen functional groups attached to an aromatic ring is 1. The van der Waals surface area contributed by atoms with E-state index in [9.17, 15) is 0 Å². The first-order chi connectivity index (χ1) is 10.2. The predicted molar refractivity (Wildman–Crippen MR) is 88.4 cm³/mol. The summed E-state index contributed by atoms with van der Waals surface area (Å²) in [5.74, 6) is 3.07. The Hall–Kier alpha value is -1.95. The number of benzene rings is 1. The third kappa shape index (κ3) is 2.76. The second-order valence-electron chi connectivity index (χ2n) is 5.13. The van der Waals surface area contributed by atoms with Crippen LogP contribution in [0.2, 0.25) is 0 Å². The maximum atomic E-state index is 8.34. The van der Waals surface area contributed by atoms with Gasteiger partial charge >= 0.3 is 0 Å². The fraction of sp³-hybridized carbons (Fsp3) is 0.333. The van der Waals surface area contributed by atoms with Gasteiger partial charge in [0.25, 0.3) is 0 Å². The number of rotatable bonds is 2. The van der Waals surface area contributed by atoms with E-state index in [-0.39, 0.29) is 0 Å². The molecule has 1 fully saturated rings. The summed E-state index contributed by atoms with van der Waals surface area (Å²) in [6.45, 7) is 3.83. The summed E-state index contributed by atoms with van der Waals surface area (Å²) in [4.78, 5) is 6.40. The molecule has 0 atom stereocenters. The first kappa shape index (κ1) is 14.0. The van der Waals surface area contributed by atoms with Crippen molar-refractivity contribution in [2.75, 3.05) is 30.3 Å². The van der Waals surface area contributed by atoms with Crippen LogP contribution in [0, 0.1) is 12.3 Å². The van der Waals surface area contributed by atoms with E-state index in [2.05, 4.69) is 16.8 Å². The molecule has 3 N–H and O–H groups in total. The van der Waals surface area contributed by atoms with E-state index < -0.39 is 0 Å². The molecule has 0 unspecified atom stereocenters. The number of anilines is 1. The zero-order chi connectivity index (χ0) is 14.8. The molecule has 0 saturated carbocycles. The quantitative estimate of drug-likeness (QED) is 0.658. The number of nitrogens with zero attached hydrogens (tertiary/aromatic N) is 3. The van der Waals surface area contributed by atoms with Gasteiger partial charge < -0.3 is 10.6 Å². The molecule has 2 heterocycles. The summed E-state index contributed by atoms with van der Waals surface area (Å²) >= 11 is 1.92. The Balaban J connectivity index is 1.88. The van der Waals surface area contributed by atoms with Gasteiger partial charge in [-0.15, -0.1) is 0 Å². The van der Waals surface area contributed by atoms with E-state index in [1.165, 1.54) is 5.56 Å². The van der Waals surface area contributed by atoms with Crippen molar-refractivity contribution in [3.8, 4) is 5.69 Å². The van der Waals surface area contributed by atoms with Crippen molar-refractivity contribution in [1.29, 1.82) is 5.41 Å². The molecule has 1 aliphatic heterocycles. The van der Waals surface area contributed by atoms with Crippen LogP contribution in [0.1, 0.15) is 11.3 Å². The molecular weight excluding hydrogens is 282 g/mol. The van der Waals surface area contributed by atoms with Crippen LogP contribution in [0.25, 0.3) is 5.69 Å². The van der Waals surface area contributed by atoms with Crippen molar-refractivity contribution in [3.05, 3.63) is 41.9 Å². The van der Waals surface area contributed by atoms with Gasteiger partial charge in [0, 0.05) is 30.3 Å². The molecule has 0 spiro atoms. The average Bonchev–Trinajstić information content (AvgIpc) is 2.90. The standard InChI is InChI=1S/C15H19N5S/c1-11-2-4-12(5-3-11)20-10-18-13(15(20)17)14(16)19-6-8-21-9-7-19/h2-5,10,16H,6-9,17H2,1H3. The minimum Gasteiger partial charge on any atom is -0.383 e. The van der Waals surface area contributed by atoms with Gasteiger partial charge in [-0.3, -0.25) is 9.98 Å². The van der Waals surface area contributed by atoms with Crippen molar-refractivity contribution in [3.63, 3.8) is 0 Å². The summed E-state index contributed by atoms with van der Waals surface area (Å²) in [7, 11) is 0. The van der Waals surface area contributed by atoms with Crippen molar-refractivity contribution in [1.82, 2.24) is 14.5 Å². The molecule has 0 bridgehead atoms. The van der Waals surface area contributed by atoms with Crippen molar-refractivity contribution < 1.29 is 0 Å². The second kappa shape index (κ2) is 5.81. The smallest absolute Gasteiger partial charge is 0.151 e. The minimum absolute atomic E-state index is 0.429. The zero-order valence-corrected chi connectivity index (χ0v) is 12.9. The van der Waals surface area contributed by atoms with E-state index in [1.807, 2.05) is 40.6 Å². The van der Waals surface area contributed by atoms with Gasteiger partial charge in [-0.25, -0.2) is 4.98 Å². The third-order valence-corrected chi connectivity index (χ3v) is 4.61. The molecule has 1 saturated heterocycles. The van der Waals surface area contributed by atoms with Gasteiger partial charge in [0.1, 0.15) is 17.8 Å². The highest BCUT2D eigenvalue weighted by atomic mass is 32.2. The number of hydrogen-bond donors (Lipinski definition) is 2. The number of hydrogen-bond acceptors (Lipinski definition) is 4. The lowest BCUT2D eigenvalue weighted by Crippen LogP contribution is -2.38. The van der Waals surface area contributed by atoms with Gasteiger partial charge in [-0.1, -0.05) is 17.7 Å². The average molecular weight is 301 g/mol. The lowest BCUT2D eigenvalue weighted by atomic mass is 10.2. The van der Waals surface area contributed by atoms with E-state index in [1.54, 1.807) is 6.33 Å². The van der Waals surface area contributed by atoms with E-state index in [4.69, 9.17) is 11.1 Å². The monoisotopic (exact) mass is 301 g/mol. The Morgan fingerprint density at radius 3 is 2.57 bits per heavy atom. The molecule has 3 rings (SSSR count). The first-order valence-electron chi connectivity index (χ1n) is 6.98. The molecule has 0 amide bonds. The lowest BCUT2D eigenvalue weighted by molar-refractivity contribution is 0.460. The number of nitrogens with one attached hydrogen (secondary N) is 1. The first-order valence-corrected chi connectivity index (χ1v) is 8.14. The molecule has 110 valence electrons. The van der Waals surface area contributed by atoms with Crippen LogP contribution in [-0.2, 0) is 0 Å². The Morgan fingerprint density at radius 2 is 1.90 bits per heavy atom. The molecule has 21 heavy (non-hydrogen) atoms. The molecule has 5 nitrogen and oxygen atoms in total. The highest BCUT2D eigenvalue weighted by molar-refractivity contribution is 7.99. The molecule has 1 aromatic carbocycles. The van der Waals surface area contributed by atoms with Crippen LogP contribution in [0.3, 0.4) is 0 Å². The second-order valence-corrected chi connectivity index (χ2v) is 6.36. The van der Waals surface area contributed by atoms with Crippen LogP contribution in [0.5, 0.6) is 0 Å². The predicted octanol–water partition coefficient (Wildman–Crippen LogP) is 2.14. The highest BCUT2D eigenvalue weighted by Crippen LogP contribution is 2.20. The largest absolute Gasteiger partial charge is 0.383 e. The van der Waals surface area contributed by atoms with Crippen molar-refractivity contribution in [2.45, 2.75) is 6.92 Å². The number of amidine groups is 1. The van der Waals surface area contributed by atoms with Crippen LogP contribution < -0.4 is 5.73 Å². The lowest BCUT2D eigenvalue weighted by Gasteiger charge is -2.28. The van der Waals surface area contributed by atoms with Crippen LogP contribution in [0.15, 0.2) is 30.6 Å². The molecule has 6 heteroatoms. The summed E-state index contributed by atoms with van der Waals surface area (Å²) in [6.07, 6.45) is 1.70. The van der Waals surface area contributed by atoms with Crippen molar-refractivity contribution in [2.24, 2.45) is 0 Å². The fourth-order valence-electron chi connectivity index (χ4n) is 2.39. The normalized spacial score (nSPS) is 15.2. The molecule has 0 aliphatic carbocycles. The van der Waals surface area contributed by atoms with E-state index in [0.29, 0.717) is 17.3 Å². The van der Waals surface area contributed by atoms with E-state index >= 15 is 0 Å². The minimum atomic E-state index is 0.429. The molecule has 0 radical (unpaired) electrons. The Bertz CT molecular complexity index is 641. The summed E-state index contributed by atoms with van der Waals surface area (Å²) in [6, 6.07) is 8.11. The zero-order valence-electron chi connectivity index (χ0n) is 12.0. The van der Waals surface area contributed by atoms with Crippen LogP contribution in [-0.4, -0.2) is 44.9 Å². The molecule has 1 aliphatic rings. The van der Waals surface area contributed by atoms with Gasteiger partial charge in [-0.2, -0.15) is 11.8 Å². The number of aromatic nitrogens is 2. The number of nitrogens with two attached hydrogens (primary N) is 1. The Kier molecular flexibility index (Phi) is 3.88.